The van der Waals surface area contributed by atoms with E-state index >= 15 is 0 Å². The van der Waals surface area contributed by atoms with E-state index in [0.29, 0.717) is 31.8 Å². The van der Waals surface area contributed by atoms with Gasteiger partial charge in [0.2, 0.25) is 0 Å². The zero-order valence-corrected chi connectivity index (χ0v) is 11.5. The molecule has 7 heteroatoms. The van der Waals surface area contributed by atoms with Gasteiger partial charge in [0, 0.05) is 19.6 Å². The van der Waals surface area contributed by atoms with E-state index in [9.17, 15) is 9.50 Å². The van der Waals surface area contributed by atoms with Crippen molar-refractivity contribution >= 4 is 0 Å². The zero-order chi connectivity index (χ0) is 14.7. The number of aliphatic hydroxyl groups is 1. The molecule has 0 spiro atoms. The minimum absolute atomic E-state index is 0.253. The van der Waals surface area contributed by atoms with E-state index in [1.165, 1.54) is 6.07 Å². The third-order valence-electron chi connectivity index (χ3n) is 3.72. The van der Waals surface area contributed by atoms with E-state index < -0.39 is 5.60 Å². The van der Waals surface area contributed by atoms with E-state index in [0.717, 1.165) is 6.54 Å². The van der Waals surface area contributed by atoms with Gasteiger partial charge < -0.3 is 9.84 Å². The van der Waals surface area contributed by atoms with E-state index in [2.05, 4.69) is 20.3 Å². The summed E-state index contributed by atoms with van der Waals surface area (Å²) in [7, 11) is 0. The van der Waals surface area contributed by atoms with Gasteiger partial charge in [0.15, 0.2) is 11.6 Å². The molecule has 1 fully saturated rings. The molecule has 2 aromatic rings. The van der Waals surface area contributed by atoms with Gasteiger partial charge in [-0.2, -0.15) is 15.4 Å². The lowest BCUT2D eigenvalue weighted by Crippen LogP contribution is -2.33. The molecule has 0 saturated carbocycles. The minimum Gasteiger partial charge on any atom is -0.489 e. The van der Waals surface area contributed by atoms with Gasteiger partial charge in [-0.25, -0.2) is 4.39 Å². The number of aromatic nitrogens is 3. The normalized spacial score (nSPS) is 22.6. The zero-order valence-electron chi connectivity index (χ0n) is 11.5. The number of ether oxygens (including phenoxy) is 1. The fraction of sp³-hybridized carbons (Fsp3) is 0.429. The third-order valence-corrected chi connectivity index (χ3v) is 3.72. The number of rotatable bonds is 5. The fourth-order valence-corrected chi connectivity index (χ4v) is 2.54. The van der Waals surface area contributed by atoms with Crippen LogP contribution in [0.1, 0.15) is 12.1 Å². The molecule has 3 rings (SSSR count). The highest BCUT2D eigenvalue weighted by molar-refractivity contribution is 5.23. The van der Waals surface area contributed by atoms with Crippen molar-refractivity contribution in [2.75, 3.05) is 26.2 Å². The first kappa shape index (κ1) is 14.0. The van der Waals surface area contributed by atoms with Crippen molar-refractivity contribution in [3.63, 3.8) is 0 Å². The van der Waals surface area contributed by atoms with Crippen LogP contribution in [0.4, 0.5) is 4.39 Å². The molecule has 21 heavy (non-hydrogen) atoms. The Morgan fingerprint density at radius 3 is 3.05 bits per heavy atom. The molecular formula is C14H17FN4O2. The molecule has 1 unspecified atom stereocenters. The smallest absolute Gasteiger partial charge is 0.165 e. The molecule has 1 saturated heterocycles. The summed E-state index contributed by atoms with van der Waals surface area (Å²) in [5.41, 5.74) is -0.412. The lowest BCUT2D eigenvalue weighted by atomic mass is 10.0. The summed E-state index contributed by atoms with van der Waals surface area (Å²) in [5.74, 6) is -0.110. The topological polar surface area (TPSA) is 74.3 Å². The highest BCUT2D eigenvalue weighted by Crippen LogP contribution is 2.29. The fourth-order valence-electron chi connectivity index (χ4n) is 2.54. The quantitative estimate of drug-likeness (QED) is 0.857. The number of likely N-dealkylation sites (tertiary alicyclic amines) is 1. The minimum atomic E-state index is -0.967. The molecule has 0 aliphatic carbocycles. The second-order valence-electron chi connectivity index (χ2n) is 5.19. The number of benzene rings is 1. The van der Waals surface area contributed by atoms with Gasteiger partial charge in [-0.15, -0.1) is 0 Å². The summed E-state index contributed by atoms with van der Waals surface area (Å²) >= 11 is 0. The number of nitrogens with one attached hydrogen (secondary N) is 1. The lowest BCUT2D eigenvalue weighted by molar-refractivity contribution is 0.0403. The first-order chi connectivity index (χ1) is 10.2. The van der Waals surface area contributed by atoms with Crippen LogP contribution in [0.2, 0.25) is 0 Å². The Bertz CT molecular complexity index is 592. The van der Waals surface area contributed by atoms with Crippen LogP contribution in [0, 0.1) is 5.82 Å². The van der Waals surface area contributed by atoms with Crippen LogP contribution in [0.5, 0.6) is 5.75 Å². The maximum absolute atomic E-state index is 13.4. The predicted octanol–water partition coefficient (Wildman–Crippen LogP) is 0.916. The largest absolute Gasteiger partial charge is 0.489 e. The Morgan fingerprint density at radius 2 is 2.29 bits per heavy atom. The molecule has 1 aliphatic rings. The molecule has 1 aromatic carbocycles. The van der Waals surface area contributed by atoms with E-state index in [1.807, 2.05) is 0 Å². The standard InChI is InChI=1S/C14H17FN4O2/c15-11-3-1-2-4-12(11)21-8-7-19-6-5-14(20,10-19)13-9-16-18-17-13/h1-4,9,20H,5-8,10H2,(H,16,17,18). The van der Waals surface area contributed by atoms with E-state index in [-0.39, 0.29) is 11.6 Å². The molecule has 112 valence electrons. The molecule has 0 amide bonds. The van der Waals surface area contributed by atoms with Crippen LogP contribution in [0.3, 0.4) is 0 Å². The number of aromatic amines is 1. The molecule has 0 radical (unpaired) electrons. The molecule has 1 atom stereocenters. The van der Waals surface area contributed by atoms with E-state index in [4.69, 9.17) is 4.74 Å². The molecule has 6 nitrogen and oxygen atoms in total. The van der Waals surface area contributed by atoms with Gasteiger partial charge in [-0.1, -0.05) is 12.1 Å². The molecule has 1 aliphatic heterocycles. The first-order valence-electron chi connectivity index (χ1n) is 6.86. The average molecular weight is 292 g/mol. The Morgan fingerprint density at radius 1 is 1.43 bits per heavy atom. The van der Waals surface area contributed by atoms with Gasteiger partial charge in [0.25, 0.3) is 0 Å². The monoisotopic (exact) mass is 292 g/mol. The summed E-state index contributed by atoms with van der Waals surface area (Å²) in [6.07, 6.45) is 2.14. The van der Waals surface area contributed by atoms with Crippen LogP contribution in [0.25, 0.3) is 0 Å². The average Bonchev–Trinajstić information content (AvgIpc) is 3.12. The number of H-pyrrole nitrogens is 1. The summed E-state index contributed by atoms with van der Waals surface area (Å²) < 4.78 is 18.8. The second kappa shape index (κ2) is 5.79. The predicted molar refractivity (Wildman–Crippen MR) is 73.2 cm³/mol. The molecule has 0 bridgehead atoms. The number of hydrogen-bond donors (Lipinski definition) is 2. The van der Waals surface area contributed by atoms with Crippen molar-refractivity contribution < 1.29 is 14.2 Å². The molecule has 2 heterocycles. The number of hydrogen-bond acceptors (Lipinski definition) is 5. The molecule has 1 aromatic heterocycles. The van der Waals surface area contributed by atoms with Crippen LogP contribution in [-0.2, 0) is 5.60 Å². The number of β-amino-alcohol motifs (C(OH)–C–C–N with tert-alkyl or cyclic N) is 1. The Labute approximate surface area is 121 Å². The van der Waals surface area contributed by atoms with Crippen LogP contribution in [0.15, 0.2) is 30.5 Å². The van der Waals surface area contributed by atoms with Gasteiger partial charge in [-0.05, 0) is 18.6 Å². The maximum atomic E-state index is 13.4. The van der Waals surface area contributed by atoms with Crippen molar-refractivity contribution in [2.24, 2.45) is 0 Å². The lowest BCUT2D eigenvalue weighted by Gasteiger charge is -2.21. The van der Waals surface area contributed by atoms with Crippen LogP contribution in [-0.4, -0.2) is 51.7 Å². The van der Waals surface area contributed by atoms with Crippen molar-refractivity contribution in [1.82, 2.24) is 20.3 Å². The molecular weight excluding hydrogens is 275 g/mol. The SMILES string of the molecule is OC1(c2cn[nH]n2)CCN(CCOc2ccccc2F)C1. The van der Waals surface area contributed by atoms with Crippen molar-refractivity contribution in [3.05, 3.63) is 42.0 Å². The van der Waals surface area contributed by atoms with Crippen molar-refractivity contribution in [2.45, 2.75) is 12.0 Å². The summed E-state index contributed by atoms with van der Waals surface area (Å²) in [6, 6.07) is 6.33. The van der Waals surface area contributed by atoms with Gasteiger partial charge in [0.1, 0.15) is 17.9 Å². The highest BCUT2D eigenvalue weighted by Gasteiger charge is 2.39. The third kappa shape index (κ3) is 3.03. The van der Waals surface area contributed by atoms with Crippen molar-refractivity contribution in [3.8, 4) is 5.75 Å². The second-order valence-corrected chi connectivity index (χ2v) is 5.19. The maximum Gasteiger partial charge on any atom is 0.165 e. The van der Waals surface area contributed by atoms with Gasteiger partial charge in [0.05, 0.1) is 6.20 Å². The Kier molecular flexibility index (Phi) is 3.85. The Hall–Kier alpha value is -1.99. The van der Waals surface area contributed by atoms with Gasteiger partial charge >= 0.3 is 0 Å². The summed E-state index contributed by atoms with van der Waals surface area (Å²) in [4.78, 5) is 2.07. The van der Waals surface area contributed by atoms with Crippen LogP contribution >= 0.6 is 0 Å². The molecule has 2 N–H and O–H groups in total. The van der Waals surface area contributed by atoms with E-state index in [1.54, 1.807) is 24.4 Å². The van der Waals surface area contributed by atoms with Crippen molar-refractivity contribution in [1.29, 1.82) is 0 Å². The van der Waals surface area contributed by atoms with Gasteiger partial charge in [-0.3, -0.25) is 4.90 Å². The summed E-state index contributed by atoms with van der Waals surface area (Å²) in [5, 5.41) is 20.7. The number of nitrogens with zero attached hydrogens (tertiary/aromatic N) is 3. The Balaban J connectivity index is 1.51. The number of halogens is 1. The van der Waals surface area contributed by atoms with Crippen LogP contribution < -0.4 is 4.74 Å². The first-order valence-corrected chi connectivity index (χ1v) is 6.86. The highest BCUT2D eigenvalue weighted by atomic mass is 19.1. The summed E-state index contributed by atoms with van der Waals surface area (Å²) in [6.45, 7) is 2.20. The number of para-hydroxylation sites is 1.